The number of esters is 1. The van der Waals surface area contributed by atoms with Crippen molar-refractivity contribution < 1.29 is 40.1 Å². The van der Waals surface area contributed by atoms with Gasteiger partial charge >= 0.3 is 22.2 Å². The van der Waals surface area contributed by atoms with E-state index in [9.17, 15) is 26.4 Å². The Balaban J connectivity index is 1.89. The zero-order valence-electron chi connectivity index (χ0n) is 21.7. The maximum atomic E-state index is 13.6. The molecule has 13 heteroatoms. The lowest BCUT2D eigenvalue weighted by atomic mass is 9.92. The average molecular weight is 587 g/mol. The number of benzene rings is 3. The van der Waals surface area contributed by atoms with Gasteiger partial charge in [-0.25, -0.2) is 22.0 Å². The molecule has 0 aliphatic heterocycles. The van der Waals surface area contributed by atoms with Crippen molar-refractivity contribution in [2.24, 2.45) is 0 Å². The van der Waals surface area contributed by atoms with Crippen molar-refractivity contribution in [3.05, 3.63) is 90.6 Å². The van der Waals surface area contributed by atoms with Crippen LogP contribution in [0.15, 0.2) is 94.9 Å². The molecule has 1 heterocycles. The highest BCUT2D eigenvalue weighted by Crippen LogP contribution is 2.33. The van der Waals surface area contributed by atoms with Crippen LogP contribution in [0.2, 0.25) is 0 Å². The molecule has 0 radical (unpaired) electrons. The zero-order chi connectivity index (χ0) is 29.1. The van der Waals surface area contributed by atoms with Gasteiger partial charge < -0.3 is 19.0 Å². The number of ether oxygens (including phenoxy) is 2. The molecule has 1 amide bonds. The SMILES string of the molecule is COC(=O)N[C@@](C)(Cc1cn(S(=O)(=O)c2ccccc2)c2ccc(OS(=O)(=O)c3ccccc3)cc12)C(=O)OC. The summed E-state index contributed by atoms with van der Waals surface area (Å²) in [5.74, 6) is -0.906. The summed E-state index contributed by atoms with van der Waals surface area (Å²) in [5, 5.41) is 2.71. The number of carbonyl (C=O) groups excluding carboxylic acids is 2. The van der Waals surface area contributed by atoms with Crippen molar-refractivity contribution in [1.29, 1.82) is 0 Å². The van der Waals surface area contributed by atoms with E-state index in [0.717, 1.165) is 18.2 Å². The van der Waals surface area contributed by atoms with Crippen LogP contribution in [0.1, 0.15) is 12.5 Å². The molecule has 4 rings (SSSR count). The molecule has 0 aliphatic rings. The number of alkyl carbamates (subject to hydrolysis) is 1. The lowest BCUT2D eigenvalue weighted by Gasteiger charge is -2.27. The Hall–Kier alpha value is -4.36. The van der Waals surface area contributed by atoms with E-state index < -0.39 is 37.7 Å². The zero-order valence-corrected chi connectivity index (χ0v) is 23.4. The van der Waals surface area contributed by atoms with Crippen molar-refractivity contribution in [1.82, 2.24) is 9.29 Å². The Morgan fingerprint density at radius 3 is 2.02 bits per heavy atom. The fourth-order valence-corrected chi connectivity index (χ4v) is 6.51. The summed E-state index contributed by atoms with van der Waals surface area (Å²) in [7, 11) is -6.05. The lowest BCUT2D eigenvalue weighted by molar-refractivity contribution is -0.147. The highest BCUT2D eigenvalue weighted by Gasteiger charge is 2.38. The maximum absolute atomic E-state index is 13.6. The highest BCUT2D eigenvalue weighted by molar-refractivity contribution is 7.90. The van der Waals surface area contributed by atoms with Crippen LogP contribution < -0.4 is 9.50 Å². The summed E-state index contributed by atoms with van der Waals surface area (Å²) in [4.78, 5) is 24.7. The second-order valence-electron chi connectivity index (χ2n) is 8.91. The van der Waals surface area contributed by atoms with E-state index in [2.05, 4.69) is 10.1 Å². The first-order valence-electron chi connectivity index (χ1n) is 11.8. The monoisotopic (exact) mass is 586 g/mol. The van der Waals surface area contributed by atoms with Gasteiger partial charge in [0.05, 0.1) is 24.6 Å². The quantitative estimate of drug-likeness (QED) is 0.230. The van der Waals surface area contributed by atoms with Crippen LogP contribution in [0.5, 0.6) is 5.75 Å². The lowest BCUT2D eigenvalue weighted by Crippen LogP contribution is -2.54. The predicted molar refractivity (Wildman–Crippen MR) is 145 cm³/mol. The molecule has 0 saturated carbocycles. The normalized spacial score (nSPS) is 13.3. The van der Waals surface area contributed by atoms with E-state index in [4.69, 9.17) is 8.92 Å². The number of carbonyl (C=O) groups is 2. The summed E-state index contributed by atoms with van der Waals surface area (Å²) in [5.41, 5.74) is -1.21. The van der Waals surface area contributed by atoms with E-state index in [-0.39, 0.29) is 38.4 Å². The number of hydrogen-bond donors (Lipinski definition) is 1. The molecule has 4 aromatic rings. The van der Waals surface area contributed by atoms with Crippen LogP contribution in [0.3, 0.4) is 0 Å². The number of amides is 1. The molecule has 0 spiro atoms. The van der Waals surface area contributed by atoms with Crippen molar-refractivity contribution in [3.8, 4) is 5.75 Å². The number of aromatic nitrogens is 1. The fraction of sp³-hybridized carbons (Fsp3) is 0.185. The molecular weight excluding hydrogens is 560 g/mol. The van der Waals surface area contributed by atoms with E-state index in [1.54, 1.807) is 36.4 Å². The fourth-order valence-electron chi connectivity index (χ4n) is 4.15. The summed E-state index contributed by atoms with van der Waals surface area (Å²) >= 11 is 0. The average Bonchev–Trinajstić information content (AvgIpc) is 3.31. The molecule has 0 unspecified atom stereocenters. The number of nitrogens with one attached hydrogen (secondary N) is 1. The van der Waals surface area contributed by atoms with Crippen LogP contribution in [0.25, 0.3) is 10.9 Å². The van der Waals surface area contributed by atoms with Crippen LogP contribution in [0, 0.1) is 0 Å². The van der Waals surface area contributed by atoms with Crippen molar-refractivity contribution in [3.63, 3.8) is 0 Å². The Morgan fingerprint density at radius 2 is 1.45 bits per heavy atom. The highest BCUT2D eigenvalue weighted by atomic mass is 32.2. The summed E-state index contributed by atoms with van der Waals surface area (Å²) in [6.07, 6.45) is 0.159. The molecular formula is C27H26N2O9S2. The third-order valence-electron chi connectivity index (χ3n) is 6.11. The first kappa shape index (κ1) is 28.6. The Kier molecular flexibility index (Phi) is 7.89. The third kappa shape index (κ3) is 5.65. The van der Waals surface area contributed by atoms with Crippen LogP contribution >= 0.6 is 0 Å². The largest absolute Gasteiger partial charge is 0.467 e. The number of hydrogen-bond acceptors (Lipinski definition) is 9. The molecule has 1 atom stereocenters. The van der Waals surface area contributed by atoms with Crippen LogP contribution in [-0.2, 0) is 40.8 Å². The molecule has 0 bridgehead atoms. The van der Waals surface area contributed by atoms with Gasteiger partial charge in [0, 0.05) is 18.0 Å². The molecule has 0 fully saturated rings. The third-order valence-corrected chi connectivity index (χ3v) is 9.05. The minimum absolute atomic E-state index is 0.00819. The van der Waals surface area contributed by atoms with Crippen LogP contribution in [0.4, 0.5) is 4.79 Å². The second kappa shape index (κ2) is 11.0. The molecule has 40 heavy (non-hydrogen) atoms. The number of methoxy groups -OCH3 is 2. The van der Waals surface area contributed by atoms with Gasteiger partial charge in [0.25, 0.3) is 10.0 Å². The number of nitrogens with zero attached hydrogens (tertiary/aromatic N) is 1. The number of rotatable bonds is 9. The molecule has 0 aliphatic carbocycles. The van der Waals surface area contributed by atoms with Crippen LogP contribution in [-0.4, -0.2) is 52.6 Å². The molecule has 1 aromatic heterocycles. The maximum Gasteiger partial charge on any atom is 0.407 e. The molecule has 210 valence electrons. The summed E-state index contributed by atoms with van der Waals surface area (Å²) in [6, 6.07) is 19.3. The molecule has 1 N–H and O–H groups in total. The standard InChI is InChI=1S/C27H26N2O9S2/c1-27(25(30)36-2,28-26(31)37-3)17-19-18-29(39(32,33)21-10-6-4-7-11-21)24-15-14-20(16-23(19)24)38-40(34,35)22-12-8-5-9-13-22/h4-16,18H,17H2,1-3H3,(H,28,31)/t27-/m0/s1. The predicted octanol–water partition coefficient (Wildman–Crippen LogP) is 3.48. The van der Waals surface area contributed by atoms with E-state index in [1.807, 2.05) is 0 Å². The Labute approximate surface area is 231 Å². The van der Waals surface area contributed by atoms with Gasteiger partial charge in [-0.05, 0) is 55.0 Å². The van der Waals surface area contributed by atoms with E-state index >= 15 is 0 Å². The molecule has 3 aromatic carbocycles. The minimum Gasteiger partial charge on any atom is -0.467 e. The number of fused-ring (bicyclic) bond motifs is 1. The van der Waals surface area contributed by atoms with Gasteiger partial charge in [-0.1, -0.05) is 36.4 Å². The topological polar surface area (TPSA) is 147 Å². The first-order chi connectivity index (χ1) is 18.9. The van der Waals surface area contributed by atoms with Gasteiger partial charge in [0.15, 0.2) is 0 Å². The Bertz CT molecular complexity index is 1770. The van der Waals surface area contributed by atoms with Gasteiger partial charge in [-0.15, -0.1) is 0 Å². The van der Waals surface area contributed by atoms with Gasteiger partial charge in [-0.2, -0.15) is 8.42 Å². The second-order valence-corrected chi connectivity index (χ2v) is 12.3. The van der Waals surface area contributed by atoms with Crippen molar-refractivity contribution in [2.45, 2.75) is 28.7 Å². The van der Waals surface area contributed by atoms with Gasteiger partial charge in [-0.3, -0.25) is 0 Å². The van der Waals surface area contributed by atoms with Crippen molar-refractivity contribution >= 4 is 43.1 Å². The van der Waals surface area contributed by atoms with Gasteiger partial charge in [0.2, 0.25) is 0 Å². The van der Waals surface area contributed by atoms with E-state index in [0.29, 0.717) is 0 Å². The Morgan fingerprint density at radius 1 is 0.850 bits per heavy atom. The summed E-state index contributed by atoms with van der Waals surface area (Å²) < 4.78 is 68.8. The molecule has 11 nitrogen and oxygen atoms in total. The molecule has 0 saturated heterocycles. The summed E-state index contributed by atoms with van der Waals surface area (Å²) in [6.45, 7) is 1.39. The first-order valence-corrected chi connectivity index (χ1v) is 14.6. The van der Waals surface area contributed by atoms with E-state index in [1.165, 1.54) is 55.6 Å². The smallest absolute Gasteiger partial charge is 0.407 e. The minimum atomic E-state index is -4.20. The van der Waals surface area contributed by atoms with Crippen molar-refractivity contribution in [2.75, 3.05) is 14.2 Å². The van der Waals surface area contributed by atoms with Gasteiger partial charge in [0.1, 0.15) is 16.2 Å².